The Morgan fingerprint density at radius 3 is 2.33 bits per heavy atom. The Balaban J connectivity index is 1.81. The summed E-state index contributed by atoms with van der Waals surface area (Å²) in [4.78, 5) is 13.7. The number of nitrogens with two attached hydrogens (primary N) is 1. The average Bonchev–Trinajstić information content (AvgIpc) is 2.50. The number of benzene rings is 2. The maximum absolute atomic E-state index is 12.9. The maximum atomic E-state index is 12.9. The maximum Gasteiger partial charge on any atom is 0.242 e. The van der Waals surface area contributed by atoms with Crippen LogP contribution in [-0.2, 0) is 11.3 Å². The molecule has 0 bridgehead atoms. The lowest BCUT2D eigenvalue weighted by atomic mass is 9.88. The van der Waals surface area contributed by atoms with Gasteiger partial charge in [0.05, 0.1) is 6.04 Å². The van der Waals surface area contributed by atoms with Crippen LogP contribution in [0.25, 0.3) is 0 Å². The minimum Gasteiger partial charge on any atom is -0.328 e. The Morgan fingerprint density at radius 2 is 1.71 bits per heavy atom. The number of hydrogen-bond acceptors (Lipinski definition) is 2. The quantitative estimate of drug-likeness (QED) is 0.886. The summed E-state index contributed by atoms with van der Waals surface area (Å²) >= 11 is 5.88. The summed E-state index contributed by atoms with van der Waals surface area (Å²) in [6.45, 7) is 0.417. The molecule has 1 heterocycles. The first kappa shape index (κ1) is 14.0. The third kappa shape index (κ3) is 2.64. The minimum absolute atomic E-state index is 0.0979. The van der Waals surface area contributed by atoms with Crippen LogP contribution in [0.5, 0.6) is 0 Å². The molecule has 2 aromatic rings. The number of rotatable bonds is 3. The van der Waals surface area contributed by atoms with Crippen LogP contribution in [0.15, 0.2) is 48.5 Å². The molecule has 21 heavy (non-hydrogen) atoms. The van der Waals surface area contributed by atoms with Gasteiger partial charge in [-0.1, -0.05) is 35.9 Å². The molecule has 1 aliphatic rings. The van der Waals surface area contributed by atoms with E-state index in [1.165, 1.54) is 12.1 Å². The van der Waals surface area contributed by atoms with Crippen molar-refractivity contribution in [3.05, 3.63) is 70.5 Å². The second-order valence-corrected chi connectivity index (χ2v) is 5.55. The largest absolute Gasteiger partial charge is 0.328 e. The molecule has 0 aliphatic carbocycles. The van der Waals surface area contributed by atoms with Gasteiger partial charge in [-0.15, -0.1) is 0 Å². The van der Waals surface area contributed by atoms with Crippen LogP contribution >= 0.6 is 11.6 Å². The standard InChI is InChI=1S/C16H14ClFN2O/c17-12-5-3-11(4-6-12)15-14(19)16(21)20(15)9-10-1-7-13(18)8-2-10/h1-8,14-15H,9,19H2/t14-,15-/m1/s1. The number of hydrogen-bond donors (Lipinski definition) is 1. The van der Waals surface area contributed by atoms with Crippen molar-refractivity contribution in [2.45, 2.75) is 18.6 Å². The monoisotopic (exact) mass is 304 g/mol. The molecule has 1 amide bonds. The number of carbonyl (C=O) groups excluding carboxylic acids is 1. The van der Waals surface area contributed by atoms with Crippen molar-refractivity contribution in [3.8, 4) is 0 Å². The smallest absolute Gasteiger partial charge is 0.242 e. The zero-order valence-corrected chi connectivity index (χ0v) is 11.9. The highest BCUT2D eigenvalue weighted by Crippen LogP contribution is 2.35. The molecular formula is C16H14ClFN2O. The molecule has 1 aliphatic heterocycles. The predicted octanol–water partition coefficient (Wildman–Crippen LogP) is 2.89. The van der Waals surface area contributed by atoms with Gasteiger partial charge in [-0.05, 0) is 35.4 Å². The Hall–Kier alpha value is -1.91. The van der Waals surface area contributed by atoms with Crippen molar-refractivity contribution in [1.29, 1.82) is 0 Å². The third-order valence-electron chi connectivity index (χ3n) is 3.72. The minimum atomic E-state index is -0.536. The van der Waals surface area contributed by atoms with Gasteiger partial charge in [0.25, 0.3) is 0 Å². The lowest BCUT2D eigenvalue weighted by molar-refractivity contribution is -0.150. The fourth-order valence-corrected chi connectivity index (χ4v) is 2.71. The molecule has 0 radical (unpaired) electrons. The predicted molar refractivity (Wildman–Crippen MR) is 79.1 cm³/mol. The van der Waals surface area contributed by atoms with E-state index in [0.717, 1.165) is 11.1 Å². The summed E-state index contributed by atoms with van der Waals surface area (Å²) < 4.78 is 12.9. The van der Waals surface area contributed by atoms with E-state index in [9.17, 15) is 9.18 Å². The summed E-state index contributed by atoms with van der Waals surface area (Å²) in [5.74, 6) is -0.390. The topological polar surface area (TPSA) is 46.3 Å². The van der Waals surface area contributed by atoms with Crippen LogP contribution in [0.2, 0.25) is 5.02 Å². The summed E-state index contributed by atoms with van der Waals surface area (Å²) in [5, 5.41) is 0.642. The fourth-order valence-electron chi connectivity index (χ4n) is 2.59. The summed E-state index contributed by atoms with van der Waals surface area (Å²) in [7, 11) is 0. The van der Waals surface area contributed by atoms with Crippen LogP contribution in [0.1, 0.15) is 17.2 Å². The number of β-lactam (4-membered cyclic amide) rings is 1. The van der Waals surface area contributed by atoms with Crippen molar-refractivity contribution in [1.82, 2.24) is 4.90 Å². The van der Waals surface area contributed by atoms with Gasteiger partial charge in [-0.3, -0.25) is 4.79 Å². The lowest BCUT2D eigenvalue weighted by Gasteiger charge is -2.45. The molecule has 2 atom stereocenters. The van der Waals surface area contributed by atoms with Crippen LogP contribution < -0.4 is 5.73 Å². The van der Waals surface area contributed by atoms with E-state index in [4.69, 9.17) is 17.3 Å². The van der Waals surface area contributed by atoms with E-state index < -0.39 is 6.04 Å². The van der Waals surface area contributed by atoms with Gasteiger partial charge >= 0.3 is 0 Å². The van der Waals surface area contributed by atoms with Gasteiger partial charge in [0.2, 0.25) is 5.91 Å². The lowest BCUT2D eigenvalue weighted by Crippen LogP contribution is -2.62. The Kier molecular flexibility index (Phi) is 3.66. The molecule has 0 unspecified atom stereocenters. The van der Waals surface area contributed by atoms with E-state index in [2.05, 4.69) is 0 Å². The molecule has 2 N–H and O–H groups in total. The number of likely N-dealkylation sites (tertiary alicyclic amines) is 1. The number of halogens is 2. The molecular weight excluding hydrogens is 291 g/mol. The molecule has 1 saturated heterocycles. The van der Waals surface area contributed by atoms with E-state index in [0.29, 0.717) is 11.6 Å². The number of carbonyl (C=O) groups is 1. The van der Waals surface area contributed by atoms with Gasteiger partial charge in [0.1, 0.15) is 11.9 Å². The van der Waals surface area contributed by atoms with Gasteiger partial charge in [-0.2, -0.15) is 0 Å². The second kappa shape index (κ2) is 5.47. The van der Waals surface area contributed by atoms with Crippen molar-refractivity contribution < 1.29 is 9.18 Å². The Labute approximate surface area is 127 Å². The van der Waals surface area contributed by atoms with Crippen molar-refractivity contribution in [3.63, 3.8) is 0 Å². The molecule has 0 aromatic heterocycles. The Morgan fingerprint density at radius 1 is 1.10 bits per heavy atom. The van der Waals surface area contributed by atoms with Crippen molar-refractivity contribution >= 4 is 17.5 Å². The molecule has 5 heteroatoms. The van der Waals surface area contributed by atoms with Crippen LogP contribution in [0.4, 0.5) is 4.39 Å². The van der Waals surface area contributed by atoms with Gasteiger partial charge in [-0.25, -0.2) is 4.39 Å². The van der Waals surface area contributed by atoms with Gasteiger partial charge in [0, 0.05) is 11.6 Å². The van der Waals surface area contributed by atoms with Gasteiger partial charge in [0.15, 0.2) is 0 Å². The molecule has 0 saturated carbocycles. The van der Waals surface area contributed by atoms with E-state index in [1.807, 2.05) is 12.1 Å². The first-order chi connectivity index (χ1) is 10.1. The number of amides is 1. The van der Waals surface area contributed by atoms with E-state index >= 15 is 0 Å². The van der Waals surface area contributed by atoms with Crippen molar-refractivity contribution in [2.75, 3.05) is 0 Å². The summed E-state index contributed by atoms with van der Waals surface area (Å²) in [5.41, 5.74) is 7.74. The highest BCUT2D eigenvalue weighted by molar-refractivity contribution is 6.30. The van der Waals surface area contributed by atoms with Crippen molar-refractivity contribution in [2.24, 2.45) is 5.73 Å². The van der Waals surface area contributed by atoms with E-state index in [1.54, 1.807) is 29.2 Å². The highest BCUT2D eigenvalue weighted by Gasteiger charge is 2.45. The van der Waals surface area contributed by atoms with Gasteiger partial charge < -0.3 is 10.6 Å². The summed E-state index contributed by atoms with van der Waals surface area (Å²) in [6, 6.07) is 12.7. The number of nitrogens with zero attached hydrogens (tertiary/aromatic N) is 1. The molecule has 1 fully saturated rings. The van der Waals surface area contributed by atoms with E-state index in [-0.39, 0.29) is 17.8 Å². The molecule has 108 valence electrons. The first-order valence-electron chi connectivity index (χ1n) is 6.62. The van der Waals surface area contributed by atoms with Crippen LogP contribution in [-0.4, -0.2) is 16.8 Å². The fraction of sp³-hybridized carbons (Fsp3) is 0.188. The normalized spacial score (nSPS) is 21.3. The SMILES string of the molecule is N[C@H]1C(=O)N(Cc2ccc(F)cc2)[C@@H]1c1ccc(Cl)cc1. The zero-order chi connectivity index (χ0) is 15.0. The second-order valence-electron chi connectivity index (χ2n) is 5.11. The molecule has 2 aromatic carbocycles. The molecule has 3 nitrogen and oxygen atoms in total. The molecule has 0 spiro atoms. The summed E-state index contributed by atoms with van der Waals surface area (Å²) in [6.07, 6.45) is 0. The first-order valence-corrected chi connectivity index (χ1v) is 7.00. The van der Waals surface area contributed by atoms with Crippen LogP contribution in [0, 0.1) is 5.82 Å². The third-order valence-corrected chi connectivity index (χ3v) is 3.97. The highest BCUT2D eigenvalue weighted by atomic mass is 35.5. The molecule has 3 rings (SSSR count). The average molecular weight is 305 g/mol. The Bertz CT molecular complexity index is 657. The zero-order valence-electron chi connectivity index (χ0n) is 11.2. The van der Waals surface area contributed by atoms with Crippen LogP contribution in [0.3, 0.4) is 0 Å².